The normalized spacial score (nSPS) is 25.9. The Hall–Kier alpha value is -2.08. The number of ether oxygens (including phenoxy) is 1. The summed E-state index contributed by atoms with van der Waals surface area (Å²) in [5, 5.41) is 41.0. The van der Waals surface area contributed by atoms with Gasteiger partial charge in [0.2, 0.25) is 0 Å². The number of carboxylic acids is 1. The number of aliphatic hydroxyl groups excluding tert-OH is 2. The minimum absolute atomic E-state index is 0.577. The summed E-state index contributed by atoms with van der Waals surface area (Å²) in [5.41, 5.74) is -4.90. The Kier molecular flexibility index (Phi) is 5.19. The van der Waals surface area contributed by atoms with E-state index in [0.29, 0.717) is 0 Å². The highest BCUT2D eigenvalue weighted by molar-refractivity contribution is 6.40. The molecule has 11 heteroatoms. The molecule has 0 saturated carbocycles. The van der Waals surface area contributed by atoms with Crippen molar-refractivity contribution >= 4 is 23.7 Å². The summed E-state index contributed by atoms with van der Waals surface area (Å²) < 4.78 is 4.96. The first kappa shape index (κ1) is 18.0. The van der Waals surface area contributed by atoms with Crippen molar-refractivity contribution in [3.05, 3.63) is 0 Å². The van der Waals surface area contributed by atoms with Gasteiger partial charge in [-0.05, 0) is 6.92 Å². The minimum Gasteiger partial charge on any atom is -0.481 e. The average molecular weight is 320 g/mol. The van der Waals surface area contributed by atoms with Gasteiger partial charge in [0, 0.05) is 0 Å². The lowest BCUT2D eigenvalue weighted by atomic mass is 9.88. The van der Waals surface area contributed by atoms with E-state index in [0.717, 1.165) is 6.92 Å². The number of carbonyl (C=O) groups excluding carboxylic acids is 3. The van der Waals surface area contributed by atoms with E-state index in [2.05, 4.69) is 0 Å². The van der Waals surface area contributed by atoms with Crippen LogP contribution in [0.3, 0.4) is 0 Å². The SMILES string of the molecule is C[C@](O)(CO)[C@H](O)[C@@]1(OCCC(=O)O)NC(=O)C(=O)NC1=O. The highest BCUT2D eigenvalue weighted by atomic mass is 16.5. The Morgan fingerprint density at radius 3 is 2.45 bits per heavy atom. The van der Waals surface area contributed by atoms with Crippen LogP contribution in [0.4, 0.5) is 0 Å². The zero-order valence-corrected chi connectivity index (χ0v) is 11.5. The molecule has 0 aromatic rings. The molecule has 3 atom stereocenters. The van der Waals surface area contributed by atoms with Gasteiger partial charge in [0.05, 0.1) is 19.6 Å². The van der Waals surface area contributed by atoms with E-state index in [1.54, 1.807) is 10.6 Å². The summed E-state index contributed by atoms with van der Waals surface area (Å²) in [6, 6.07) is 0. The van der Waals surface area contributed by atoms with Gasteiger partial charge in [0.1, 0.15) is 11.7 Å². The number of hydrogen-bond donors (Lipinski definition) is 6. The second-order valence-electron chi connectivity index (χ2n) is 4.88. The van der Waals surface area contributed by atoms with Gasteiger partial charge >= 0.3 is 17.8 Å². The fraction of sp³-hybridized carbons (Fsp3) is 0.636. The van der Waals surface area contributed by atoms with E-state index in [1.807, 2.05) is 0 Å². The predicted molar refractivity (Wildman–Crippen MR) is 65.9 cm³/mol. The molecular formula is C11H16N2O9. The van der Waals surface area contributed by atoms with Crippen LogP contribution in [-0.4, -0.2) is 74.8 Å². The maximum atomic E-state index is 12.0. The van der Waals surface area contributed by atoms with Crippen LogP contribution in [0.2, 0.25) is 0 Å². The van der Waals surface area contributed by atoms with Gasteiger partial charge in [0.25, 0.3) is 11.6 Å². The zero-order valence-electron chi connectivity index (χ0n) is 11.5. The molecule has 0 aromatic carbocycles. The van der Waals surface area contributed by atoms with Crippen LogP contribution in [0.1, 0.15) is 13.3 Å². The molecular weight excluding hydrogens is 304 g/mol. The summed E-state index contributed by atoms with van der Waals surface area (Å²) in [6.07, 6.45) is -2.76. The number of aliphatic hydroxyl groups is 3. The molecule has 124 valence electrons. The smallest absolute Gasteiger partial charge is 0.316 e. The zero-order chi connectivity index (χ0) is 17.1. The average Bonchev–Trinajstić information content (AvgIpc) is 2.43. The van der Waals surface area contributed by atoms with Gasteiger partial charge in [-0.3, -0.25) is 24.5 Å². The van der Waals surface area contributed by atoms with E-state index < -0.39 is 60.8 Å². The number of aliphatic carboxylic acids is 1. The molecule has 11 nitrogen and oxygen atoms in total. The van der Waals surface area contributed by atoms with Crippen molar-refractivity contribution in [3.63, 3.8) is 0 Å². The Balaban J connectivity index is 3.14. The summed E-state index contributed by atoms with van der Waals surface area (Å²) in [5.74, 6) is -5.22. The molecule has 1 saturated heterocycles. The number of nitrogens with one attached hydrogen (secondary N) is 2. The largest absolute Gasteiger partial charge is 0.481 e. The van der Waals surface area contributed by atoms with Crippen LogP contribution in [0, 0.1) is 0 Å². The van der Waals surface area contributed by atoms with Crippen molar-refractivity contribution in [1.82, 2.24) is 10.6 Å². The third-order valence-corrected chi connectivity index (χ3v) is 3.01. The fourth-order valence-corrected chi connectivity index (χ4v) is 1.73. The second kappa shape index (κ2) is 6.36. The van der Waals surface area contributed by atoms with Crippen molar-refractivity contribution in [1.29, 1.82) is 0 Å². The van der Waals surface area contributed by atoms with Gasteiger partial charge in [-0.15, -0.1) is 0 Å². The predicted octanol–water partition coefficient (Wildman–Crippen LogP) is -3.95. The lowest BCUT2D eigenvalue weighted by molar-refractivity contribution is -0.218. The maximum absolute atomic E-state index is 12.0. The number of amides is 3. The first-order chi connectivity index (χ1) is 10.1. The molecule has 0 radical (unpaired) electrons. The molecule has 0 bridgehead atoms. The molecule has 6 N–H and O–H groups in total. The summed E-state index contributed by atoms with van der Waals surface area (Å²) in [7, 11) is 0. The number of imide groups is 1. The highest BCUT2D eigenvalue weighted by Crippen LogP contribution is 2.25. The molecule has 0 aromatic heterocycles. The lowest BCUT2D eigenvalue weighted by Gasteiger charge is -2.43. The monoisotopic (exact) mass is 320 g/mol. The van der Waals surface area contributed by atoms with Crippen LogP contribution in [0.25, 0.3) is 0 Å². The summed E-state index contributed by atoms with van der Waals surface area (Å²) >= 11 is 0. The maximum Gasteiger partial charge on any atom is 0.316 e. The van der Waals surface area contributed by atoms with Crippen LogP contribution in [-0.2, 0) is 23.9 Å². The van der Waals surface area contributed by atoms with Crippen LogP contribution >= 0.6 is 0 Å². The Morgan fingerprint density at radius 1 is 1.36 bits per heavy atom. The lowest BCUT2D eigenvalue weighted by Crippen LogP contribution is -2.77. The van der Waals surface area contributed by atoms with E-state index in [4.69, 9.17) is 14.9 Å². The standard InChI is InChI=1S/C11H16N2O9/c1-10(21,4-14)8(19)11(22-3-2-5(15)16)9(20)12-6(17)7(18)13-11/h8,14,19,21H,2-4H2,1H3,(H,13,18)(H,15,16)(H,12,17,20)/t8-,10-,11-/m0/s1. The van der Waals surface area contributed by atoms with Crippen LogP contribution < -0.4 is 10.6 Å². The molecule has 0 unspecified atom stereocenters. The molecule has 22 heavy (non-hydrogen) atoms. The highest BCUT2D eigenvalue weighted by Gasteiger charge is 2.58. The van der Waals surface area contributed by atoms with Gasteiger partial charge < -0.3 is 30.5 Å². The molecule has 1 rings (SSSR count). The minimum atomic E-state index is -2.62. The van der Waals surface area contributed by atoms with E-state index in [-0.39, 0.29) is 0 Å². The second-order valence-corrected chi connectivity index (χ2v) is 4.88. The van der Waals surface area contributed by atoms with Crippen molar-refractivity contribution in [3.8, 4) is 0 Å². The topological polar surface area (TPSA) is 182 Å². The van der Waals surface area contributed by atoms with Crippen molar-refractivity contribution in [2.45, 2.75) is 30.8 Å². The Labute approximate surface area is 123 Å². The molecule has 3 amide bonds. The van der Waals surface area contributed by atoms with E-state index in [9.17, 15) is 29.4 Å². The molecule has 0 aliphatic carbocycles. The van der Waals surface area contributed by atoms with Gasteiger partial charge in [-0.25, -0.2) is 0 Å². The van der Waals surface area contributed by atoms with Crippen LogP contribution in [0.5, 0.6) is 0 Å². The summed E-state index contributed by atoms with van der Waals surface area (Å²) in [4.78, 5) is 45.0. The first-order valence-corrected chi connectivity index (χ1v) is 6.12. The van der Waals surface area contributed by atoms with Gasteiger partial charge in [-0.2, -0.15) is 0 Å². The Morgan fingerprint density at radius 2 is 1.95 bits per heavy atom. The van der Waals surface area contributed by atoms with Crippen molar-refractivity contribution in [2.75, 3.05) is 13.2 Å². The van der Waals surface area contributed by atoms with Crippen LogP contribution in [0.15, 0.2) is 0 Å². The number of carboxylic acid groups (broad SMARTS) is 1. The van der Waals surface area contributed by atoms with Gasteiger partial charge in [0.15, 0.2) is 0 Å². The molecule has 1 fully saturated rings. The quantitative estimate of drug-likeness (QED) is 0.201. The number of rotatable bonds is 7. The van der Waals surface area contributed by atoms with Gasteiger partial charge in [-0.1, -0.05) is 0 Å². The number of hydrogen-bond acceptors (Lipinski definition) is 8. The van der Waals surface area contributed by atoms with Crippen molar-refractivity contribution < 1.29 is 44.3 Å². The number of piperazine rings is 1. The first-order valence-electron chi connectivity index (χ1n) is 6.12. The number of carbonyl (C=O) groups is 4. The third kappa shape index (κ3) is 3.39. The fourth-order valence-electron chi connectivity index (χ4n) is 1.73. The van der Waals surface area contributed by atoms with Crippen molar-refractivity contribution in [2.24, 2.45) is 0 Å². The Bertz CT molecular complexity index is 504. The van der Waals surface area contributed by atoms with E-state index in [1.165, 1.54) is 0 Å². The third-order valence-electron chi connectivity index (χ3n) is 3.01. The van der Waals surface area contributed by atoms with E-state index >= 15 is 0 Å². The summed E-state index contributed by atoms with van der Waals surface area (Å²) in [6.45, 7) is -0.666. The molecule has 0 spiro atoms. The molecule has 1 aliphatic rings. The molecule has 1 aliphatic heterocycles. The molecule has 1 heterocycles.